The Hall–Kier alpha value is -0.940. The van der Waals surface area contributed by atoms with Crippen LogP contribution in [0, 0.1) is 6.92 Å². The zero-order valence-corrected chi connectivity index (χ0v) is 11.7. The van der Waals surface area contributed by atoms with Crippen LogP contribution < -0.4 is 0 Å². The van der Waals surface area contributed by atoms with E-state index in [2.05, 4.69) is 4.90 Å². The second-order valence-corrected chi connectivity index (χ2v) is 5.68. The van der Waals surface area contributed by atoms with Gasteiger partial charge in [0.2, 0.25) is 5.76 Å². The third-order valence-electron chi connectivity index (χ3n) is 3.03. The topological polar surface area (TPSA) is 42.7 Å². The van der Waals surface area contributed by atoms with Crippen LogP contribution in [-0.2, 0) is 11.3 Å². The number of hydrogen-bond donors (Lipinski definition) is 0. The van der Waals surface area contributed by atoms with E-state index >= 15 is 0 Å². The summed E-state index contributed by atoms with van der Waals surface area (Å²) >= 11 is 2.00. The van der Waals surface area contributed by atoms with E-state index in [0.29, 0.717) is 5.76 Å². The van der Waals surface area contributed by atoms with Crippen molar-refractivity contribution < 1.29 is 13.9 Å². The van der Waals surface area contributed by atoms with Crippen molar-refractivity contribution in [3.63, 3.8) is 0 Å². The van der Waals surface area contributed by atoms with Gasteiger partial charge in [0, 0.05) is 17.9 Å². The highest BCUT2D eigenvalue weighted by molar-refractivity contribution is 7.99. The number of carbonyl (C=O) groups is 1. The molecule has 0 N–H and O–H groups in total. The Morgan fingerprint density at radius 1 is 1.50 bits per heavy atom. The van der Waals surface area contributed by atoms with Crippen LogP contribution in [-0.4, -0.2) is 42.6 Å². The minimum Gasteiger partial charge on any atom is -0.463 e. The molecule has 5 heteroatoms. The van der Waals surface area contributed by atoms with Gasteiger partial charge in [0.05, 0.1) is 13.7 Å². The van der Waals surface area contributed by atoms with E-state index in [1.807, 2.05) is 24.8 Å². The lowest BCUT2D eigenvalue weighted by Gasteiger charge is -2.17. The van der Waals surface area contributed by atoms with Crippen molar-refractivity contribution in [1.29, 1.82) is 0 Å². The first kappa shape index (κ1) is 13.5. The van der Waals surface area contributed by atoms with Gasteiger partial charge in [-0.05, 0) is 31.7 Å². The highest BCUT2D eigenvalue weighted by atomic mass is 32.2. The van der Waals surface area contributed by atoms with Crippen molar-refractivity contribution in [2.45, 2.75) is 19.9 Å². The van der Waals surface area contributed by atoms with E-state index in [0.717, 1.165) is 31.0 Å². The largest absolute Gasteiger partial charge is 0.463 e. The zero-order chi connectivity index (χ0) is 13.0. The predicted molar refractivity (Wildman–Crippen MR) is 72.0 cm³/mol. The molecule has 0 saturated carbocycles. The predicted octanol–water partition coefficient (Wildman–Crippen LogP) is 2.31. The quantitative estimate of drug-likeness (QED) is 0.788. The van der Waals surface area contributed by atoms with E-state index in [-0.39, 0.29) is 0 Å². The number of methoxy groups -OCH3 is 1. The molecule has 1 aromatic heterocycles. The van der Waals surface area contributed by atoms with E-state index in [4.69, 9.17) is 9.15 Å². The van der Waals surface area contributed by atoms with Crippen LogP contribution in [0.2, 0.25) is 0 Å². The summed E-state index contributed by atoms with van der Waals surface area (Å²) < 4.78 is 10.3. The molecule has 0 bridgehead atoms. The second-order valence-electron chi connectivity index (χ2n) is 4.46. The Morgan fingerprint density at radius 3 is 3.11 bits per heavy atom. The van der Waals surface area contributed by atoms with Crippen LogP contribution in [0.4, 0.5) is 0 Å². The summed E-state index contributed by atoms with van der Waals surface area (Å²) in [5.74, 6) is 3.19. The number of ether oxygens (including phenoxy) is 1. The molecule has 0 radical (unpaired) electrons. The van der Waals surface area contributed by atoms with Gasteiger partial charge >= 0.3 is 5.97 Å². The summed E-state index contributed by atoms with van der Waals surface area (Å²) in [6.07, 6.45) is 1.22. The average Bonchev–Trinajstić information content (AvgIpc) is 2.57. The van der Waals surface area contributed by atoms with Gasteiger partial charge in [-0.25, -0.2) is 4.79 Å². The summed E-state index contributed by atoms with van der Waals surface area (Å²) in [5.41, 5.74) is 0.848. The lowest BCUT2D eigenvalue weighted by molar-refractivity contribution is 0.0560. The van der Waals surface area contributed by atoms with Crippen molar-refractivity contribution >= 4 is 17.7 Å². The summed E-state index contributed by atoms with van der Waals surface area (Å²) in [6, 6.07) is 1.93. The first-order chi connectivity index (χ1) is 8.70. The molecule has 2 heterocycles. The maximum atomic E-state index is 11.5. The highest BCUT2D eigenvalue weighted by Gasteiger charge is 2.18. The average molecular weight is 269 g/mol. The maximum absolute atomic E-state index is 11.5. The lowest BCUT2D eigenvalue weighted by atomic mass is 10.2. The van der Waals surface area contributed by atoms with E-state index in [1.165, 1.54) is 25.0 Å². The fourth-order valence-electron chi connectivity index (χ4n) is 2.10. The Kier molecular flexibility index (Phi) is 4.72. The number of furan rings is 1. The smallest absolute Gasteiger partial charge is 0.374 e. The van der Waals surface area contributed by atoms with E-state index in [9.17, 15) is 4.79 Å². The standard InChI is InChI=1S/C13H19NO3S/c1-10-8-11(17-12(10)13(15)16-2)9-14-4-3-6-18-7-5-14/h8H,3-7,9H2,1-2H3. The molecule has 18 heavy (non-hydrogen) atoms. The Bertz CT molecular complexity index is 408. The van der Waals surface area contributed by atoms with Crippen LogP contribution >= 0.6 is 11.8 Å². The number of hydrogen-bond acceptors (Lipinski definition) is 5. The molecule has 1 aliphatic rings. The van der Waals surface area contributed by atoms with Crippen LogP contribution in [0.3, 0.4) is 0 Å². The third kappa shape index (κ3) is 3.29. The van der Waals surface area contributed by atoms with Gasteiger partial charge in [-0.15, -0.1) is 0 Å². The van der Waals surface area contributed by atoms with Crippen molar-refractivity contribution in [1.82, 2.24) is 4.90 Å². The molecule has 0 amide bonds. The van der Waals surface area contributed by atoms with E-state index < -0.39 is 5.97 Å². The molecule has 2 rings (SSSR count). The monoisotopic (exact) mass is 269 g/mol. The number of thioether (sulfide) groups is 1. The second kappa shape index (κ2) is 6.29. The lowest BCUT2D eigenvalue weighted by Crippen LogP contribution is -2.25. The molecule has 0 spiro atoms. The summed E-state index contributed by atoms with van der Waals surface area (Å²) in [6.45, 7) is 4.83. The summed E-state index contributed by atoms with van der Waals surface area (Å²) in [5, 5.41) is 0. The third-order valence-corrected chi connectivity index (χ3v) is 4.08. The fraction of sp³-hybridized carbons (Fsp3) is 0.615. The molecule has 4 nitrogen and oxygen atoms in total. The minimum absolute atomic E-state index is 0.330. The molecule has 1 fully saturated rings. The van der Waals surface area contributed by atoms with Crippen LogP contribution in [0.15, 0.2) is 10.5 Å². The number of rotatable bonds is 3. The highest BCUT2D eigenvalue weighted by Crippen LogP contribution is 2.19. The SMILES string of the molecule is COC(=O)c1oc(CN2CCCSCC2)cc1C. The number of carbonyl (C=O) groups excluding carboxylic acids is 1. The maximum Gasteiger partial charge on any atom is 0.374 e. The van der Waals surface area contributed by atoms with Crippen LogP contribution in [0.25, 0.3) is 0 Å². The number of aryl methyl sites for hydroxylation is 1. The molecule has 1 aromatic rings. The number of nitrogens with zero attached hydrogens (tertiary/aromatic N) is 1. The van der Waals surface area contributed by atoms with Gasteiger partial charge in [0.1, 0.15) is 5.76 Å². The molecule has 0 unspecified atom stereocenters. The van der Waals surface area contributed by atoms with Gasteiger partial charge < -0.3 is 9.15 Å². The Labute approximate surface area is 112 Å². The molecule has 0 aromatic carbocycles. The van der Waals surface area contributed by atoms with Crippen molar-refractivity contribution in [3.8, 4) is 0 Å². The number of esters is 1. The van der Waals surface area contributed by atoms with Crippen molar-refractivity contribution in [3.05, 3.63) is 23.2 Å². The molecule has 0 atom stereocenters. The first-order valence-corrected chi connectivity index (χ1v) is 7.34. The van der Waals surface area contributed by atoms with Crippen LogP contribution in [0.1, 0.15) is 28.3 Å². The Morgan fingerprint density at radius 2 is 2.33 bits per heavy atom. The minimum atomic E-state index is -0.398. The van der Waals surface area contributed by atoms with Gasteiger partial charge in [0.25, 0.3) is 0 Å². The van der Waals surface area contributed by atoms with E-state index in [1.54, 1.807) is 0 Å². The normalized spacial score (nSPS) is 17.4. The molecule has 1 aliphatic heterocycles. The fourth-order valence-corrected chi connectivity index (χ4v) is 3.02. The Balaban J connectivity index is 2.02. The van der Waals surface area contributed by atoms with Crippen LogP contribution in [0.5, 0.6) is 0 Å². The van der Waals surface area contributed by atoms with Gasteiger partial charge in [-0.1, -0.05) is 0 Å². The molecule has 1 saturated heterocycles. The van der Waals surface area contributed by atoms with Gasteiger partial charge in [0.15, 0.2) is 0 Å². The molecule has 100 valence electrons. The zero-order valence-electron chi connectivity index (χ0n) is 10.9. The molecule has 0 aliphatic carbocycles. The summed E-state index contributed by atoms with van der Waals surface area (Å²) in [7, 11) is 1.37. The van der Waals surface area contributed by atoms with Gasteiger partial charge in [-0.3, -0.25) is 4.90 Å². The molecular formula is C13H19NO3S. The first-order valence-electron chi connectivity index (χ1n) is 6.18. The van der Waals surface area contributed by atoms with Crippen molar-refractivity contribution in [2.24, 2.45) is 0 Å². The van der Waals surface area contributed by atoms with Crippen molar-refractivity contribution in [2.75, 3.05) is 31.7 Å². The molecular weight excluding hydrogens is 250 g/mol. The van der Waals surface area contributed by atoms with Gasteiger partial charge in [-0.2, -0.15) is 11.8 Å². The summed E-state index contributed by atoms with van der Waals surface area (Å²) in [4.78, 5) is 13.8.